The van der Waals surface area contributed by atoms with Gasteiger partial charge in [-0.25, -0.2) is 13.1 Å². The zero-order valence-electron chi connectivity index (χ0n) is 11.2. The highest BCUT2D eigenvalue weighted by atomic mass is 32.2. The first kappa shape index (κ1) is 14.5. The molecular weight excluding hydrogens is 280 g/mol. The van der Waals surface area contributed by atoms with Crippen LogP contribution in [-0.2, 0) is 16.6 Å². The Kier molecular flexibility index (Phi) is 4.25. The van der Waals surface area contributed by atoms with Gasteiger partial charge in [-0.3, -0.25) is 0 Å². The third-order valence-corrected chi connectivity index (χ3v) is 5.70. The summed E-state index contributed by atoms with van der Waals surface area (Å²) in [5.74, 6) is 0. The van der Waals surface area contributed by atoms with Crippen molar-refractivity contribution in [3.8, 4) is 0 Å². The fourth-order valence-electron chi connectivity index (χ4n) is 2.01. The standard InChI is InChI=1S/C13H18N2O2S2/c1-9(2)15-19(16,17)13-10-6-4-5-7-11(10)18-12(13)8-14-3/h4-7,9,14-15H,8H2,1-3H3. The molecule has 0 saturated carbocycles. The van der Waals surface area contributed by atoms with Crippen LogP contribution in [0.2, 0.25) is 0 Å². The van der Waals surface area contributed by atoms with E-state index in [4.69, 9.17) is 0 Å². The lowest BCUT2D eigenvalue weighted by Gasteiger charge is -2.10. The summed E-state index contributed by atoms with van der Waals surface area (Å²) in [6, 6.07) is 7.49. The molecular formula is C13H18N2O2S2. The minimum atomic E-state index is -3.48. The summed E-state index contributed by atoms with van der Waals surface area (Å²) in [5.41, 5.74) is 0. The van der Waals surface area contributed by atoms with Crippen LogP contribution >= 0.6 is 11.3 Å². The van der Waals surface area contributed by atoms with Crippen LogP contribution < -0.4 is 10.0 Å². The number of hydrogen-bond donors (Lipinski definition) is 2. The van der Waals surface area contributed by atoms with Crippen LogP contribution in [0.25, 0.3) is 10.1 Å². The van der Waals surface area contributed by atoms with E-state index in [1.807, 2.05) is 45.2 Å². The molecule has 0 unspecified atom stereocenters. The molecule has 19 heavy (non-hydrogen) atoms. The van der Waals surface area contributed by atoms with Crippen molar-refractivity contribution in [2.75, 3.05) is 7.05 Å². The molecule has 104 valence electrons. The summed E-state index contributed by atoms with van der Waals surface area (Å²) in [5, 5.41) is 3.83. The zero-order valence-corrected chi connectivity index (χ0v) is 12.9. The molecule has 0 spiro atoms. The molecule has 1 heterocycles. The van der Waals surface area contributed by atoms with E-state index in [9.17, 15) is 8.42 Å². The summed E-state index contributed by atoms with van der Waals surface area (Å²) in [6.45, 7) is 4.20. The lowest BCUT2D eigenvalue weighted by molar-refractivity contribution is 0.569. The van der Waals surface area contributed by atoms with Gasteiger partial charge in [0.2, 0.25) is 10.0 Å². The smallest absolute Gasteiger partial charge is 0.242 e. The average molecular weight is 298 g/mol. The third kappa shape index (κ3) is 2.97. The van der Waals surface area contributed by atoms with Crippen LogP contribution in [-0.4, -0.2) is 21.5 Å². The molecule has 0 aliphatic rings. The normalized spacial score (nSPS) is 12.4. The number of nitrogens with one attached hydrogen (secondary N) is 2. The van der Waals surface area contributed by atoms with Gasteiger partial charge in [-0.2, -0.15) is 0 Å². The van der Waals surface area contributed by atoms with E-state index in [2.05, 4.69) is 10.0 Å². The molecule has 6 heteroatoms. The van der Waals surface area contributed by atoms with E-state index in [1.54, 1.807) is 0 Å². The van der Waals surface area contributed by atoms with Crippen LogP contribution in [0.1, 0.15) is 18.7 Å². The Bertz CT molecular complexity index is 675. The number of hydrogen-bond acceptors (Lipinski definition) is 4. The number of rotatable bonds is 5. The van der Waals surface area contributed by atoms with Crippen molar-refractivity contribution in [2.45, 2.75) is 31.3 Å². The van der Waals surface area contributed by atoms with Crippen molar-refractivity contribution in [1.82, 2.24) is 10.0 Å². The Morgan fingerprint density at radius 3 is 2.58 bits per heavy atom. The summed E-state index contributed by atoms with van der Waals surface area (Å²) in [4.78, 5) is 1.26. The number of benzene rings is 1. The second-order valence-electron chi connectivity index (χ2n) is 4.66. The van der Waals surface area contributed by atoms with Gasteiger partial charge in [-0.05, 0) is 27.0 Å². The molecule has 0 aliphatic carbocycles. The minimum absolute atomic E-state index is 0.119. The van der Waals surface area contributed by atoms with Gasteiger partial charge in [0.25, 0.3) is 0 Å². The quantitative estimate of drug-likeness (QED) is 0.890. The van der Waals surface area contributed by atoms with Gasteiger partial charge < -0.3 is 5.32 Å². The molecule has 0 bridgehead atoms. The average Bonchev–Trinajstić information content (AvgIpc) is 2.66. The van der Waals surface area contributed by atoms with Gasteiger partial charge in [0, 0.05) is 27.5 Å². The summed E-state index contributed by atoms with van der Waals surface area (Å²) >= 11 is 1.52. The Morgan fingerprint density at radius 2 is 1.95 bits per heavy atom. The van der Waals surface area contributed by atoms with Crippen LogP contribution in [0.3, 0.4) is 0 Å². The van der Waals surface area contributed by atoms with Crippen LogP contribution in [0.15, 0.2) is 29.2 Å². The second-order valence-corrected chi connectivity index (χ2v) is 7.44. The van der Waals surface area contributed by atoms with Crippen molar-refractivity contribution in [3.63, 3.8) is 0 Å². The van der Waals surface area contributed by atoms with E-state index >= 15 is 0 Å². The largest absolute Gasteiger partial charge is 0.315 e. The monoisotopic (exact) mass is 298 g/mol. The topological polar surface area (TPSA) is 58.2 Å². The Hall–Kier alpha value is -0.950. The Morgan fingerprint density at radius 1 is 1.26 bits per heavy atom. The fourth-order valence-corrected chi connectivity index (χ4v) is 5.22. The molecule has 0 atom stereocenters. The van der Waals surface area contributed by atoms with E-state index in [0.29, 0.717) is 11.4 Å². The van der Waals surface area contributed by atoms with E-state index in [-0.39, 0.29) is 6.04 Å². The number of fused-ring (bicyclic) bond motifs is 1. The highest BCUT2D eigenvalue weighted by Gasteiger charge is 2.24. The zero-order chi connectivity index (χ0) is 14.0. The van der Waals surface area contributed by atoms with E-state index in [0.717, 1.165) is 15.0 Å². The number of sulfonamides is 1. The van der Waals surface area contributed by atoms with Crippen LogP contribution in [0.5, 0.6) is 0 Å². The van der Waals surface area contributed by atoms with Crippen molar-refractivity contribution < 1.29 is 8.42 Å². The molecule has 0 saturated heterocycles. The second kappa shape index (κ2) is 5.58. The molecule has 1 aromatic heterocycles. The van der Waals surface area contributed by atoms with Gasteiger partial charge in [0.15, 0.2) is 0 Å². The first-order chi connectivity index (χ1) is 8.95. The molecule has 2 aromatic rings. The highest BCUT2D eigenvalue weighted by Crippen LogP contribution is 2.34. The predicted molar refractivity (Wildman–Crippen MR) is 80.0 cm³/mol. The fraction of sp³-hybridized carbons (Fsp3) is 0.385. The maximum atomic E-state index is 12.5. The lowest BCUT2D eigenvalue weighted by atomic mass is 10.2. The Labute approximate surface area is 117 Å². The molecule has 0 fully saturated rings. The van der Waals surface area contributed by atoms with Gasteiger partial charge in [-0.1, -0.05) is 18.2 Å². The van der Waals surface area contributed by atoms with Gasteiger partial charge in [-0.15, -0.1) is 11.3 Å². The third-order valence-electron chi connectivity index (χ3n) is 2.62. The first-order valence-electron chi connectivity index (χ1n) is 6.13. The van der Waals surface area contributed by atoms with E-state index in [1.165, 1.54) is 11.3 Å². The van der Waals surface area contributed by atoms with E-state index < -0.39 is 10.0 Å². The molecule has 2 rings (SSSR count). The van der Waals surface area contributed by atoms with Gasteiger partial charge in [0.05, 0.1) is 0 Å². The Balaban J connectivity index is 2.65. The van der Waals surface area contributed by atoms with Gasteiger partial charge >= 0.3 is 0 Å². The maximum Gasteiger partial charge on any atom is 0.242 e. The minimum Gasteiger partial charge on any atom is -0.315 e. The van der Waals surface area contributed by atoms with Crippen LogP contribution in [0, 0.1) is 0 Å². The summed E-state index contributed by atoms with van der Waals surface area (Å²) in [6.07, 6.45) is 0. The molecule has 2 N–H and O–H groups in total. The lowest BCUT2D eigenvalue weighted by Crippen LogP contribution is -2.30. The number of thiophene rings is 1. The maximum absolute atomic E-state index is 12.5. The SMILES string of the molecule is CNCc1sc2ccccc2c1S(=O)(=O)NC(C)C. The molecule has 0 aliphatic heterocycles. The van der Waals surface area contributed by atoms with Crippen molar-refractivity contribution in [3.05, 3.63) is 29.1 Å². The molecule has 4 nitrogen and oxygen atoms in total. The van der Waals surface area contributed by atoms with Crippen molar-refractivity contribution in [1.29, 1.82) is 0 Å². The highest BCUT2D eigenvalue weighted by molar-refractivity contribution is 7.90. The van der Waals surface area contributed by atoms with Gasteiger partial charge in [0.1, 0.15) is 4.90 Å². The molecule has 0 radical (unpaired) electrons. The summed E-state index contributed by atoms with van der Waals surface area (Å²) in [7, 11) is -1.66. The predicted octanol–water partition coefficient (Wildman–Crippen LogP) is 2.31. The first-order valence-corrected chi connectivity index (χ1v) is 8.43. The van der Waals surface area contributed by atoms with Crippen molar-refractivity contribution in [2.24, 2.45) is 0 Å². The molecule has 0 amide bonds. The van der Waals surface area contributed by atoms with Crippen molar-refractivity contribution >= 4 is 31.4 Å². The van der Waals surface area contributed by atoms with Crippen LogP contribution in [0.4, 0.5) is 0 Å². The summed E-state index contributed by atoms with van der Waals surface area (Å²) < 4.78 is 28.6. The molecule has 1 aromatic carbocycles.